The second-order valence-electron chi connectivity index (χ2n) is 7.84. The number of aromatic nitrogens is 1. The minimum atomic E-state index is -0.518. The smallest absolute Gasteiger partial charge is 0.270 e. The van der Waals surface area contributed by atoms with E-state index in [4.69, 9.17) is 20.8 Å². The number of non-ortho nitro benzene ring substituents is 1. The second-order valence-corrected chi connectivity index (χ2v) is 9.16. The maximum absolute atomic E-state index is 13.2. The SMILES string of the molecule is O=C(Nc1ccc2oc(-c3cc(Br)ccc3Cl)nc2c1)c1cc([N+](=O)[O-])ccc1N1CCOCC1. The van der Waals surface area contributed by atoms with E-state index in [0.717, 1.165) is 4.47 Å². The summed E-state index contributed by atoms with van der Waals surface area (Å²) in [5.74, 6) is -0.114. The summed E-state index contributed by atoms with van der Waals surface area (Å²) in [4.78, 5) is 30.6. The molecule has 1 N–H and O–H groups in total. The first kappa shape index (κ1) is 23.3. The van der Waals surface area contributed by atoms with Gasteiger partial charge in [0.25, 0.3) is 11.6 Å². The lowest BCUT2D eigenvalue weighted by Crippen LogP contribution is -2.37. The first-order valence-electron chi connectivity index (χ1n) is 10.7. The van der Waals surface area contributed by atoms with Crippen LogP contribution in [0.15, 0.2) is 63.5 Å². The largest absolute Gasteiger partial charge is 0.436 e. The van der Waals surface area contributed by atoms with Crippen molar-refractivity contribution in [2.45, 2.75) is 0 Å². The molecule has 1 amide bonds. The lowest BCUT2D eigenvalue weighted by atomic mass is 10.1. The number of ether oxygens (including phenoxy) is 1. The monoisotopic (exact) mass is 556 g/mol. The zero-order valence-corrected chi connectivity index (χ0v) is 20.5. The summed E-state index contributed by atoms with van der Waals surface area (Å²) in [6.45, 7) is 2.21. The number of oxazole rings is 1. The summed E-state index contributed by atoms with van der Waals surface area (Å²) < 4.78 is 12.1. The molecule has 1 fully saturated rings. The van der Waals surface area contributed by atoms with Gasteiger partial charge in [-0.2, -0.15) is 0 Å². The van der Waals surface area contributed by atoms with Gasteiger partial charge in [-0.1, -0.05) is 27.5 Å². The highest BCUT2D eigenvalue weighted by atomic mass is 79.9. The fraction of sp³-hybridized carbons (Fsp3) is 0.167. The van der Waals surface area contributed by atoms with Crippen LogP contribution >= 0.6 is 27.5 Å². The Balaban J connectivity index is 1.46. The molecule has 11 heteroatoms. The highest BCUT2D eigenvalue weighted by Gasteiger charge is 2.22. The molecule has 3 aromatic carbocycles. The molecule has 1 aliphatic rings. The number of carbonyl (C=O) groups excluding carboxylic acids is 1. The molecule has 1 aliphatic heterocycles. The molecule has 0 spiro atoms. The molecule has 0 radical (unpaired) electrons. The predicted octanol–water partition coefficient (Wildman–Crippen LogP) is 5.91. The van der Waals surface area contributed by atoms with Crippen LogP contribution in [0.5, 0.6) is 0 Å². The number of nitrogens with zero attached hydrogens (tertiary/aromatic N) is 3. The molecule has 0 aliphatic carbocycles. The Morgan fingerprint density at radius 2 is 1.91 bits per heavy atom. The van der Waals surface area contributed by atoms with Gasteiger partial charge >= 0.3 is 0 Å². The van der Waals surface area contributed by atoms with E-state index in [2.05, 4.69) is 26.2 Å². The van der Waals surface area contributed by atoms with Gasteiger partial charge < -0.3 is 19.4 Å². The summed E-state index contributed by atoms with van der Waals surface area (Å²) in [6.07, 6.45) is 0. The third-order valence-electron chi connectivity index (χ3n) is 5.59. The van der Waals surface area contributed by atoms with Crippen molar-refractivity contribution >= 4 is 61.6 Å². The molecule has 0 atom stereocenters. The van der Waals surface area contributed by atoms with Crippen molar-refractivity contribution in [1.82, 2.24) is 4.98 Å². The van der Waals surface area contributed by atoms with E-state index < -0.39 is 10.8 Å². The normalized spacial score (nSPS) is 13.7. The molecule has 2 heterocycles. The third kappa shape index (κ3) is 4.86. The van der Waals surface area contributed by atoms with E-state index in [1.165, 1.54) is 12.1 Å². The second kappa shape index (κ2) is 9.65. The van der Waals surface area contributed by atoms with E-state index in [0.29, 0.717) is 65.3 Å². The van der Waals surface area contributed by atoms with Gasteiger partial charge in [-0.25, -0.2) is 4.98 Å². The van der Waals surface area contributed by atoms with Gasteiger partial charge in [-0.15, -0.1) is 0 Å². The third-order valence-corrected chi connectivity index (χ3v) is 6.41. The number of morpholine rings is 1. The summed E-state index contributed by atoms with van der Waals surface area (Å²) in [7, 11) is 0. The van der Waals surface area contributed by atoms with Gasteiger partial charge in [0, 0.05) is 35.4 Å². The first-order chi connectivity index (χ1) is 16.9. The number of rotatable bonds is 5. The highest BCUT2D eigenvalue weighted by molar-refractivity contribution is 9.10. The quantitative estimate of drug-likeness (QED) is 0.240. The van der Waals surface area contributed by atoms with Gasteiger partial charge in [0.2, 0.25) is 5.89 Å². The molecule has 5 rings (SSSR count). The Morgan fingerprint density at radius 1 is 1.11 bits per heavy atom. The van der Waals surface area contributed by atoms with E-state index >= 15 is 0 Å². The van der Waals surface area contributed by atoms with Gasteiger partial charge in [-0.3, -0.25) is 14.9 Å². The number of hydrogen-bond donors (Lipinski definition) is 1. The molecule has 4 aromatic rings. The van der Waals surface area contributed by atoms with Crippen molar-refractivity contribution in [1.29, 1.82) is 0 Å². The molecular formula is C24H18BrClN4O5. The summed E-state index contributed by atoms with van der Waals surface area (Å²) in [5, 5.41) is 14.7. The fourth-order valence-electron chi connectivity index (χ4n) is 3.88. The van der Waals surface area contributed by atoms with Crippen LogP contribution in [0, 0.1) is 10.1 Å². The van der Waals surface area contributed by atoms with Crippen LogP contribution in [0.25, 0.3) is 22.6 Å². The molecule has 0 bridgehead atoms. The zero-order valence-electron chi connectivity index (χ0n) is 18.2. The van der Waals surface area contributed by atoms with E-state index in [-0.39, 0.29) is 11.3 Å². The van der Waals surface area contributed by atoms with Crippen LogP contribution in [0.2, 0.25) is 5.02 Å². The standard InChI is InChI=1S/C24H18BrClN4O5/c25-14-1-4-19(26)17(11-14)24-28-20-12-15(2-6-22(20)35-24)27-23(31)18-13-16(30(32)33)3-5-21(18)29-7-9-34-10-8-29/h1-6,11-13H,7-10H2,(H,27,31). The lowest BCUT2D eigenvalue weighted by Gasteiger charge is -2.30. The lowest BCUT2D eigenvalue weighted by molar-refractivity contribution is -0.384. The number of anilines is 2. The van der Waals surface area contributed by atoms with Gasteiger partial charge in [-0.05, 0) is 42.5 Å². The van der Waals surface area contributed by atoms with E-state index in [9.17, 15) is 14.9 Å². The van der Waals surface area contributed by atoms with Crippen LogP contribution in [0.4, 0.5) is 17.1 Å². The molecule has 0 saturated carbocycles. The number of amides is 1. The Kier molecular flexibility index (Phi) is 6.42. The van der Waals surface area contributed by atoms with Crippen LogP contribution in [-0.4, -0.2) is 42.1 Å². The number of nitro benzene ring substituents is 1. The van der Waals surface area contributed by atoms with Crippen molar-refractivity contribution in [3.8, 4) is 11.5 Å². The van der Waals surface area contributed by atoms with Crippen molar-refractivity contribution in [3.05, 3.63) is 79.8 Å². The molecule has 9 nitrogen and oxygen atoms in total. The topological polar surface area (TPSA) is 111 Å². The maximum atomic E-state index is 13.2. The maximum Gasteiger partial charge on any atom is 0.270 e. The van der Waals surface area contributed by atoms with Crippen molar-refractivity contribution in [2.24, 2.45) is 0 Å². The number of benzene rings is 3. The Bertz CT molecular complexity index is 1450. The average Bonchev–Trinajstić information content (AvgIpc) is 3.29. The van der Waals surface area contributed by atoms with Crippen LogP contribution in [-0.2, 0) is 4.74 Å². The van der Waals surface area contributed by atoms with Crippen molar-refractivity contribution < 1.29 is 18.9 Å². The van der Waals surface area contributed by atoms with Gasteiger partial charge in [0.1, 0.15) is 5.52 Å². The highest BCUT2D eigenvalue weighted by Crippen LogP contribution is 2.33. The summed E-state index contributed by atoms with van der Waals surface area (Å²) in [6, 6.07) is 14.7. The predicted molar refractivity (Wildman–Crippen MR) is 136 cm³/mol. The van der Waals surface area contributed by atoms with Crippen molar-refractivity contribution in [3.63, 3.8) is 0 Å². The minimum Gasteiger partial charge on any atom is -0.436 e. The number of halogens is 2. The summed E-state index contributed by atoms with van der Waals surface area (Å²) in [5.41, 5.74) is 2.83. The van der Waals surface area contributed by atoms with Crippen molar-refractivity contribution in [2.75, 3.05) is 36.5 Å². The number of nitro groups is 1. The number of hydrogen-bond acceptors (Lipinski definition) is 7. The van der Waals surface area contributed by atoms with Crippen LogP contribution < -0.4 is 10.2 Å². The molecule has 1 aromatic heterocycles. The molecular weight excluding hydrogens is 540 g/mol. The molecule has 178 valence electrons. The van der Waals surface area contributed by atoms with E-state index in [1.54, 1.807) is 30.3 Å². The van der Waals surface area contributed by atoms with Crippen LogP contribution in [0.1, 0.15) is 10.4 Å². The van der Waals surface area contributed by atoms with Crippen LogP contribution in [0.3, 0.4) is 0 Å². The minimum absolute atomic E-state index is 0.158. The zero-order chi connectivity index (χ0) is 24.5. The molecule has 35 heavy (non-hydrogen) atoms. The molecule has 0 unspecified atom stereocenters. The van der Waals surface area contributed by atoms with E-state index in [1.807, 2.05) is 17.0 Å². The Labute approximate surface area is 212 Å². The first-order valence-corrected chi connectivity index (χ1v) is 11.8. The molecule has 1 saturated heterocycles. The van der Waals surface area contributed by atoms with Gasteiger partial charge in [0.05, 0.1) is 40.0 Å². The number of fused-ring (bicyclic) bond motifs is 1. The number of nitrogens with one attached hydrogen (secondary N) is 1. The fourth-order valence-corrected chi connectivity index (χ4v) is 4.44. The number of carbonyl (C=O) groups is 1. The summed E-state index contributed by atoms with van der Waals surface area (Å²) >= 11 is 9.72. The van der Waals surface area contributed by atoms with Gasteiger partial charge in [0.15, 0.2) is 5.58 Å². The average molecular weight is 558 g/mol. The Morgan fingerprint density at radius 3 is 2.69 bits per heavy atom. The Hall–Kier alpha value is -3.47.